The van der Waals surface area contributed by atoms with Gasteiger partial charge in [0.05, 0.1) is 0 Å². The van der Waals surface area contributed by atoms with Gasteiger partial charge in [-0.15, -0.1) is 0 Å². The fourth-order valence-electron chi connectivity index (χ4n) is 1.93. The molecule has 2 rings (SSSR count). The minimum atomic E-state index is -0.184. The van der Waals surface area contributed by atoms with E-state index in [0.717, 1.165) is 18.5 Å². The lowest BCUT2D eigenvalue weighted by Crippen LogP contribution is -2.27. The summed E-state index contributed by atoms with van der Waals surface area (Å²) in [4.78, 5) is 0. The minimum Gasteiger partial charge on any atom is -0.310 e. The molecule has 2 aromatic carbocycles. The fraction of sp³-hybridized carbons (Fsp3) is 0.250. The standard InChI is InChI=1S/C16H18FN/c1-13(11-14-5-3-2-4-6-14)18-12-15-7-9-16(17)10-8-15/h2-10,13,18H,11-12H2,1H3. The largest absolute Gasteiger partial charge is 0.310 e. The molecule has 0 radical (unpaired) electrons. The van der Waals surface area contributed by atoms with Gasteiger partial charge in [-0.05, 0) is 36.6 Å². The van der Waals surface area contributed by atoms with E-state index in [1.165, 1.54) is 17.7 Å². The maximum atomic E-state index is 12.8. The van der Waals surface area contributed by atoms with Crippen LogP contribution in [0.2, 0.25) is 0 Å². The number of hydrogen-bond donors (Lipinski definition) is 1. The number of nitrogens with one attached hydrogen (secondary N) is 1. The molecule has 0 aromatic heterocycles. The van der Waals surface area contributed by atoms with Gasteiger partial charge in [0.2, 0.25) is 0 Å². The van der Waals surface area contributed by atoms with Crippen LogP contribution in [0.15, 0.2) is 54.6 Å². The summed E-state index contributed by atoms with van der Waals surface area (Å²) in [5.74, 6) is -0.184. The third-order valence-electron chi connectivity index (χ3n) is 2.95. The van der Waals surface area contributed by atoms with Crippen molar-refractivity contribution in [1.82, 2.24) is 5.32 Å². The van der Waals surface area contributed by atoms with Gasteiger partial charge >= 0.3 is 0 Å². The van der Waals surface area contributed by atoms with Crippen LogP contribution < -0.4 is 5.32 Å². The van der Waals surface area contributed by atoms with Crippen molar-refractivity contribution in [3.8, 4) is 0 Å². The van der Waals surface area contributed by atoms with E-state index >= 15 is 0 Å². The van der Waals surface area contributed by atoms with Gasteiger partial charge < -0.3 is 5.32 Å². The van der Waals surface area contributed by atoms with Crippen LogP contribution in [0.25, 0.3) is 0 Å². The van der Waals surface area contributed by atoms with Gasteiger partial charge in [0.25, 0.3) is 0 Å². The molecule has 1 unspecified atom stereocenters. The van der Waals surface area contributed by atoms with Crippen LogP contribution in [-0.2, 0) is 13.0 Å². The van der Waals surface area contributed by atoms with Crippen LogP contribution in [0, 0.1) is 5.82 Å². The summed E-state index contributed by atoms with van der Waals surface area (Å²) in [5, 5.41) is 3.44. The van der Waals surface area contributed by atoms with Crippen LogP contribution in [0.1, 0.15) is 18.1 Å². The highest BCUT2D eigenvalue weighted by Gasteiger charge is 2.02. The molecule has 1 N–H and O–H groups in total. The molecule has 0 saturated carbocycles. The first-order chi connectivity index (χ1) is 8.74. The fourth-order valence-corrected chi connectivity index (χ4v) is 1.93. The van der Waals surface area contributed by atoms with E-state index in [2.05, 4.69) is 36.5 Å². The average molecular weight is 243 g/mol. The molecule has 0 aliphatic heterocycles. The van der Waals surface area contributed by atoms with Crippen molar-refractivity contribution in [2.24, 2.45) is 0 Å². The van der Waals surface area contributed by atoms with Gasteiger partial charge in [0.15, 0.2) is 0 Å². The van der Waals surface area contributed by atoms with Crippen molar-refractivity contribution >= 4 is 0 Å². The third kappa shape index (κ3) is 3.97. The first kappa shape index (κ1) is 12.8. The molecule has 0 aliphatic carbocycles. The highest BCUT2D eigenvalue weighted by molar-refractivity contribution is 5.17. The summed E-state index contributed by atoms with van der Waals surface area (Å²) in [6.07, 6.45) is 1.00. The zero-order valence-corrected chi connectivity index (χ0v) is 10.6. The number of hydrogen-bond acceptors (Lipinski definition) is 1. The first-order valence-corrected chi connectivity index (χ1v) is 6.26. The molecule has 18 heavy (non-hydrogen) atoms. The predicted molar refractivity (Wildman–Crippen MR) is 72.8 cm³/mol. The van der Waals surface area contributed by atoms with Gasteiger partial charge in [-0.25, -0.2) is 4.39 Å². The molecule has 2 aromatic rings. The number of rotatable bonds is 5. The SMILES string of the molecule is CC(Cc1ccccc1)NCc1ccc(F)cc1. The van der Waals surface area contributed by atoms with Crippen LogP contribution in [-0.4, -0.2) is 6.04 Å². The maximum Gasteiger partial charge on any atom is 0.123 e. The van der Waals surface area contributed by atoms with Gasteiger partial charge in [-0.3, -0.25) is 0 Å². The Bertz CT molecular complexity index is 464. The molecule has 0 spiro atoms. The van der Waals surface area contributed by atoms with E-state index in [0.29, 0.717) is 6.04 Å². The topological polar surface area (TPSA) is 12.0 Å². The molecule has 0 fully saturated rings. The van der Waals surface area contributed by atoms with Gasteiger partial charge in [-0.2, -0.15) is 0 Å². The summed E-state index contributed by atoms with van der Waals surface area (Å²) < 4.78 is 12.8. The Hall–Kier alpha value is -1.67. The quantitative estimate of drug-likeness (QED) is 0.847. The van der Waals surface area contributed by atoms with Crippen molar-refractivity contribution in [3.63, 3.8) is 0 Å². The summed E-state index contributed by atoms with van der Waals surface area (Å²) >= 11 is 0. The third-order valence-corrected chi connectivity index (χ3v) is 2.95. The summed E-state index contributed by atoms with van der Waals surface area (Å²) in [6, 6.07) is 17.4. The predicted octanol–water partition coefficient (Wildman–Crippen LogP) is 3.55. The lowest BCUT2D eigenvalue weighted by molar-refractivity contribution is 0.544. The van der Waals surface area contributed by atoms with E-state index in [-0.39, 0.29) is 5.82 Å². The van der Waals surface area contributed by atoms with Gasteiger partial charge in [0.1, 0.15) is 5.82 Å². The van der Waals surface area contributed by atoms with Crippen LogP contribution in [0.5, 0.6) is 0 Å². The zero-order chi connectivity index (χ0) is 12.8. The van der Waals surface area contributed by atoms with Crippen LogP contribution in [0.4, 0.5) is 4.39 Å². The molecular formula is C16H18FN. The summed E-state index contributed by atoms with van der Waals surface area (Å²) in [7, 11) is 0. The number of benzene rings is 2. The molecule has 0 heterocycles. The smallest absolute Gasteiger partial charge is 0.123 e. The molecule has 0 amide bonds. The Morgan fingerprint density at radius 3 is 2.28 bits per heavy atom. The zero-order valence-electron chi connectivity index (χ0n) is 10.6. The van der Waals surface area contributed by atoms with Crippen molar-refractivity contribution in [2.75, 3.05) is 0 Å². The molecule has 1 nitrogen and oxygen atoms in total. The normalized spacial score (nSPS) is 12.3. The molecule has 1 atom stereocenters. The average Bonchev–Trinajstić information content (AvgIpc) is 2.39. The molecule has 0 saturated heterocycles. The van der Waals surface area contributed by atoms with E-state index in [1.807, 2.05) is 18.2 Å². The van der Waals surface area contributed by atoms with E-state index < -0.39 is 0 Å². The Balaban J connectivity index is 1.81. The second-order valence-electron chi connectivity index (χ2n) is 4.60. The van der Waals surface area contributed by atoms with E-state index in [4.69, 9.17) is 0 Å². The molecule has 0 aliphatic rings. The Labute approximate surface area is 108 Å². The van der Waals surface area contributed by atoms with Crippen LogP contribution >= 0.6 is 0 Å². The van der Waals surface area contributed by atoms with Gasteiger partial charge in [0, 0.05) is 12.6 Å². The van der Waals surface area contributed by atoms with Gasteiger partial charge in [-0.1, -0.05) is 42.5 Å². The summed E-state index contributed by atoms with van der Waals surface area (Å²) in [5.41, 5.74) is 2.44. The highest BCUT2D eigenvalue weighted by atomic mass is 19.1. The molecule has 94 valence electrons. The molecule has 2 heteroatoms. The first-order valence-electron chi connectivity index (χ1n) is 6.26. The van der Waals surface area contributed by atoms with Crippen molar-refractivity contribution in [2.45, 2.75) is 25.9 Å². The molecule has 0 bridgehead atoms. The van der Waals surface area contributed by atoms with Crippen LogP contribution in [0.3, 0.4) is 0 Å². The van der Waals surface area contributed by atoms with Crippen molar-refractivity contribution in [1.29, 1.82) is 0 Å². The maximum absolute atomic E-state index is 12.8. The Kier molecular flexibility index (Phi) is 4.48. The van der Waals surface area contributed by atoms with E-state index in [9.17, 15) is 4.39 Å². The number of halogens is 1. The van der Waals surface area contributed by atoms with Crippen molar-refractivity contribution < 1.29 is 4.39 Å². The lowest BCUT2D eigenvalue weighted by atomic mass is 10.1. The molecular weight excluding hydrogens is 225 g/mol. The van der Waals surface area contributed by atoms with E-state index in [1.54, 1.807) is 0 Å². The lowest BCUT2D eigenvalue weighted by Gasteiger charge is -2.14. The second kappa shape index (κ2) is 6.31. The van der Waals surface area contributed by atoms with Crippen molar-refractivity contribution in [3.05, 3.63) is 71.5 Å². The monoisotopic (exact) mass is 243 g/mol. The second-order valence-corrected chi connectivity index (χ2v) is 4.60. The summed E-state index contributed by atoms with van der Waals surface area (Å²) in [6.45, 7) is 2.94. The Morgan fingerprint density at radius 2 is 1.61 bits per heavy atom. The highest BCUT2D eigenvalue weighted by Crippen LogP contribution is 2.05. The minimum absolute atomic E-state index is 0.184. The Morgan fingerprint density at radius 1 is 0.944 bits per heavy atom.